The quantitative estimate of drug-likeness (QED) is 0.796. The number of nitrogens with two attached hydrogens (primary N) is 1. The molecule has 0 aromatic heterocycles. The molecule has 0 amide bonds. The van der Waals surface area contributed by atoms with E-state index in [9.17, 15) is 8.42 Å². The van der Waals surface area contributed by atoms with Crippen LogP contribution in [0.15, 0.2) is 45.0 Å². The second-order valence-electron chi connectivity index (χ2n) is 7.19. The molecule has 0 saturated heterocycles. The zero-order valence-electron chi connectivity index (χ0n) is 14.5. The maximum absolute atomic E-state index is 13.4. The van der Waals surface area contributed by atoms with E-state index >= 15 is 0 Å². The topological polar surface area (TPSA) is 88.1 Å². The molecule has 2 heterocycles. The predicted molar refractivity (Wildman–Crippen MR) is 105 cm³/mol. The monoisotopic (exact) mass is 394 g/mol. The van der Waals surface area contributed by atoms with Crippen molar-refractivity contribution in [3.05, 3.63) is 35.0 Å². The molecule has 1 fully saturated rings. The Bertz CT molecular complexity index is 837. The lowest BCUT2D eigenvalue weighted by molar-refractivity contribution is 0.186. The Morgan fingerprint density at radius 2 is 1.96 bits per heavy atom. The van der Waals surface area contributed by atoms with Gasteiger partial charge in [-0.3, -0.25) is 4.99 Å². The minimum absolute atomic E-state index is 0.183. The Morgan fingerprint density at radius 3 is 2.65 bits per heavy atom. The molecule has 3 atom stereocenters. The van der Waals surface area contributed by atoms with Gasteiger partial charge in [0, 0.05) is 6.04 Å². The smallest absolute Gasteiger partial charge is 0.187 e. The lowest BCUT2D eigenvalue weighted by atomic mass is 9.93. The van der Waals surface area contributed by atoms with Crippen molar-refractivity contribution in [1.29, 1.82) is 0 Å². The van der Waals surface area contributed by atoms with E-state index in [4.69, 9.17) is 17.3 Å². The Morgan fingerprint density at radius 1 is 1.19 bits per heavy atom. The highest BCUT2D eigenvalue weighted by atomic mass is 35.5. The van der Waals surface area contributed by atoms with Crippen LogP contribution in [0, 0.1) is 0 Å². The average Bonchev–Trinajstić information content (AvgIpc) is 2.97. The van der Waals surface area contributed by atoms with Crippen LogP contribution in [0.3, 0.4) is 0 Å². The van der Waals surface area contributed by atoms with Crippen molar-refractivity contribution >= 4 is 32.9 Å². The summed E-state index contributed by atoms with van der Waals surface area (Å²) in [7, 11) is -3.63. The largest absolute Gasteiger partial charge is 0.384 e. The summed E-state index contributed by atoms with van der Waals surface area (Å²) in [5.41, 5.74) is 6.47. The normalized spacial score (nSPS) is 32.1. The molecule has 0 spiro atoms. The van der Waals surface area contributed by atoms with Gasteiger partial charge in [0.1, 0.15) is 34.3 Å². The minimum Gasteiger partial charge on any atom is -0.384 e. The molecule has 0 aromatic carbocycles. The van der Waals surface area contributed by atoms with E-state index in [1.807, 2.05) is 17.1 Å². The molecule has 6 nitrogen and oxygen atoms in total. The maximum Gasteiger partial charge on any atom is 0.187 e. The third-order valence-electron chi connectivity index (χ3n) is 5.66. The van der Waals surface area contributed by atoms with Crippen molar-refractivity contribution in [3.8, 4) is 0 Å². The molecular formula is C18H23ClN4O2S. The average molecular weight is 395 g/mol. The number of aliphatic imine (C=N–C) groups is 2. The zero-order valence-corrected chi connectivity index (χ0v) is 16.0. The van der Waals surface area contributed by atoms with Crippen LogP contribution in [0.2, 0.25) is 0 Å². The van der Waals surface area contributed by atoms with Crippen LogP contribution in [0.4, 0.5) is 0 Å². The highest BCUT2D eigenvalue weighted by Gasteiger charge is 2.51. The van der Waals surface area contributed by atoms with Gasteiger partial charge in [0.2, 0.25) is 0 Å². The standard InChI is InChI=1S/C18H23ClN4O2S/c19-17-15-14(21-11-22-17)16(26(24,25)13-9-5-2-6-10-13)18(20)23(15)12-7-3-1-4-8-12/h2,5-6,9,11-15H,1,3-4,7-8,10,20H2. The molecule has 2 N–H and O–H groups in total. The molecule has 26 heavy (non-hydrogen) atoms. The third kappa shape index (κ3) is 2.81. The Hall–Kier alpha value is -1.60. The molecule has 1 saturated carbocycles. The molecule has 8 heteroatoms. The van der Waals surface area contributed by atoms with Gasteiger partial charge < -0.3 is 10.6 Å². The highest BCUT2D eigenvalue weighted by Crippen LogP contribution is 2.41. The van der Waals surface area contributed by atoms with Crippen molar-refractivity contribution < 1.29 is 8.42 Å². The van der Waals surface area contributed by atoms with Crippen molar-refractivity contribution in [2.75, 3.05) is 0 Å². The van der Waals surface area contributed by atoms with Crippen molar-refractivity contribution in [3.63, 3.8) is 0 Å². The number of hydrogen-bond donors (Lipinski definition) is 1. The summed E-state index contributed by atoms with van der Waals surface area (Å²) in [4.78, 5) is 10.7. The van der Waals surface area contributed by atoms with Gasteiger partial charge in [-0.1, -0.05) is 55.2 Å². The Labute approximate surface area is 159 Å². The first kappa shape index (κ1) is 17.8. The number of fused-ring (bicyclic) bond motifs is 1. The summed E-state index contributed by atoms with van der Waals surface area (Å²) < 4.78 is 26.8. The Kier molecular flexibility index (Phi) is 4.69. The Balaban J connectivity index is 1.77. The van der Waals surface area contributed by atoms with E-state index in [0.29, 0.717) is 17.4 Å². The number of halogens is 1. The summed E-state index contributed by atoms with van der Waals surface area (Å²) in [6, 6.07) is -0.827. The van der Waals surface area contributed by atoms with E-state index in [2.05, 4.69) is 9.98 Å². The fourth-order valence-corrected chi connectivity index (χ4v) is 6.58. The first-order valence-electron chi connectivity index (χ1n) is 9.12. The van der Waals surface area contributed by atoms with Crippen LogP contribution < -0.4 is 5.73 Å². The van der Waals surface area contributed by atoms with Gasteiger partial charge in [0.25, 0.3) is 0 Å². The summed E-state index contributed by atoms with van der Waals surface area (Å²) >= 11 is 6.41. The first-order chi connectivity index (χ1) is 12.5. The van der Waals surface area contributed by atoms with Gasteiger partial charge in [-0.25, -0.2) is 13.4 Å². The number of allylic oxidation sites excluding steroid dienone is 3. The molecule has 140 valence electrons. The second-order valence-corrected chi connectivity index (χ2v) is 9.71. The van der Waals surface area contributed by atoms with Gasteiger partial charge in [-0.05, 0) is 19.3 Å². The van der Waals surface area contributed by atoms with Crippen LogP contribution >= 0.6 is 11.6 Å². The molecule has 0 aromatic rings. The van der Waals surface area contributed by atoms with E-state index in [1.165, 1.54) is 12.8 Å². The zero-order chi connectivity index (χ0) is 18.3. The number of hydrogen-bond acceptors (Lipinski definition) is 6. The molecule has 0 radical (unpaired) electrons. The lowest BCUT2D eigenvalue weighted by Gasteiger charge is -2.38. The van der Waals surface area contributed by atoms with Gasteiger partial charge >= 0.3 is 0 Å². The fraction of sp³-hybridized carbons (Fsp3) is 0.556. The molecule has 2 aliphatic heterocycles. The molecule has 4 rings (SSSR count). The summed E-state index contributed by atoms with van der Waals surface area (Å²) in [6.07, 6.45) is 14.4. The number of sulfone groups is 1. The third-order valence-corrected chi connectivity index (χ3v) is 8.20. The SMILES string of the molecule is NC1=C(S(=O)(=O)C2C=CC=CC2)C2N=CN=C(Cl)C2N1C1CCCCC1. The van der Waals surface area contributed by atoms with Crippen LogP contribution in [-0.2, 0) is 9.84 Å². The van der Waals surface area contributed by atoms with E-state index < -0.39 is 27.2 Å². The lowest BCUT2D eigenvalue weighted by Crippen LogP contribution is -2.49. The molecular weight excluding hydrogens is 372 g/mol. The van der Waals surface area contributed by atoms with Gasteiger partial charge in [0.15, 0.2) is 9.84 Å². The predicted octanol–water partition coefficient (Wildman–Crippen LogP) is 2.48. The highest BCUT2D eigenvalue weighted by molar-refractivity contribution is 7.96. The molecule has 0 bridgehead atoms. The maximum atomic E-state index is 13.4. The summed E-state index contributed by atoms with van der Waals surface area (Å²) in [5, 5.41) is -0.247. The summed E-state index contributed by atoms with van der Waals surface area (Å²) in [6.45, 7) is 0. The van der Waals surface area contributed by atoms with Crippen LogP contribution in [0.1, 0.15) is 38.5 Å². The van der Waals surface area contributed by atoms with Crippen LogP contribution in [0.25, 0.3) is 0 Å². The van der Waals surface area contributed by atoms with E-state index in [0.717, 1.165) is 25.7 Å². The first-order valence-corrected chi connectivity index (χ1v) is 11.0. The second kappa shape index (κ2) is 6.85. The van der Waals surface area contributed by atoms with Crippen LogP contribution in [-0.4, -0.2) is 48.2 Å². The summed E-state index contributed by atoms with van der Waals surface area (Å²) in [5.74, 6) is 0.308. The van der Waals surface area contributed by atoms with Gasteiger partial charge in [0.05, 0.1) is 5.25 Å². The van der Waals surface area contributed by atoms with Gasteiger partial charge in [-0.15, -0.1) is 0 Å². The molecule has 3 unspecified atom stereocenters. The van der Waals surface area contributed by atoms with Gasteiger partial charge in [-0.2, -0.15) is 0 Å². The molecule has 4 aliphatic rings. The fourth-order valence-electron chi connectivity index (χ4n) is 4.40. The molecule has 2 aliphatic carbocycles. The van der Waals surface area contributed by atoms with Crippen molar-refractivity contribution in [2.45, 2.75) is 61.9 Å². The minimum atomic E-state index is -3.63. The number of rotatable bonds is 3. The number of nitrogens with zero attached hydrogens (tertiary/aromatic N) is 3. The van der Waals surface area contributed by atoms with Crippen molar-refractivity contribution in [2.24, 2.45) is 15.7 Å². The van der Waals surface area contributed by atoms with E-state index in [1.54, 1.807) is 12.2 Å². The van der Waals surface area contributed by atoms with Crippen LogP contribution in [0.5, 0.6) is 0 Å². The van der Waals surface area contributed by atoms with E-state index in [-0.39, 0.29) is 10.9 Å². The van der Waals surface area contributed by atoms with Crippen molar-refractivity contribution in [1.82, 2.24) is 4.90 Å².